The Morgan fingerprint density at radius 3 is 2.45 bits per heavy atom. The smallest absolute Gasteiger partial charge is 0.255 e. The van der Waals surface area contributed by atoms with E-state index >= 15 is 0 Å². The SMILES string of the molecule is CN(C)[C@@H]1C(O)=C(C(N)=O)C(=O)[C@@]2(O)C(O)=C3C(=O)c4c(O)ccc(Cl)c4C=C3C[C@@H]12. The molecule has 1 aromatic rings. The van der Waals surface area contributed by atoms with Gasteiger partial charge in [0.1, 0.15) is 22.8 Å². The largest absolute Gasteiger partial charge is 0.510 e. The number of amides is 1. The van der Waals surface area contributed by atoms with Gasteiger partial charge in [-0.2, -0.15) is 0 Å². The van der Waals surface area contributed by atoms with Crippen molar-refractivity contribution < 1.29 is 34.8 Å². The number of aromatic hydroxyl groups is 1. The molecule has 0 spiro atoms. The molecular weight excluding hydrogens is 428 g/mol. The van der Waals surface area contributed by atoms with Crippen LogP contribution in [-0.4, -0.2) is 68.5 Å². The lowest BCUT2D eigenvalue weighted by molar-refractivity contribution is -0.146. The predicted molar refractivity (Wildman–Crippen MR) is 109 cm³/mol. The molecule has 0 fully saturated rings. The van der Waals surface area contributed by atoms with E-state index in [1.807, 2.05) is 0 Å². The topological polar surface area (TPSA) is 161 Å². The summed E-state index contributed by atoms with van der Waals surface area (Å²) in [6, 6.07) is 1.56. The normalized spacial score (nSPS) is 27.7. The zero-order valence-corrected chi connectivity index (χ0v) is 17.3. The maximum Gasteiger partial charge on any atom is 0.255 e. The van der Waals surface area contributed by atoms with Gasteiger partial charge < -0.3 is 26.2 Å². The van der Waals surface area contributed by atoms with Crippen molar-refractivity contribution in [2.24, 2.45) is 11.7 Å². The fourth-order valence-electron chi connectivity index (χ4n) is 4.75. The number of rotatable bonds is 2. The zero-order valence-electron chi connectivity index (χ0n) is 16.5. The Morgan fingerprint density at radius 2 is 1.87 bits per heavy atom. The van der Waals surface area contributed by atoms with Crippen molar-refractivity contribution in [3.05, 3.63) is 56.5 Å². The molecule has 0 aromatic heterocycles. The van der Waals surface area contributed by atoms with Gasteiger partial charge in [-0.1, -0.05) is 11.6 Å². The molecule has 0 radical (unpaired) electrons. The van der Waals surface area contributed by atoms with E-state index in [0.717, 1.165) is 0 Å². The molecule has 3 aliphatic carbocycles. The molecule has 10 heteroatoms. The predicted octanol–water partition coefficient (Wildman–Crippen LogP) is 0.999. The van der Waals surface area contributed by atoms with Gasteiger partial charge in [0.05, 0.1) is 17.2 Å². The lowest BCUT2D eigenvalue weighted by atomic mass is 9.61. The molecule has 0 saturated carbocycles. The standard InChI is InChI=1S/C21H19ClN2O7/c1-24(2)15-9-6-7-5-8-10(22)3-4-11(25)13(8)16(26)12(7)18(28)21(9,31)19(29)14(17(15)27)20(23)30/h3-5,9,15,25,27-28,31H,6H2,1-2H3,(H2,23,30)/t9-,15-,21-/m0/s1. The van der Waals surface area contributed by atoms with Crippen LogP contribution >= 0.6 is 11.6 Å². The molecule has 162 valence electrons. The molecule has 0 unspecified atom stereocenters. The number of carbonyl (C=O) groups excluding carboxylic acids is 3. The van der Waals surface area contributed by atoms with Crippen LogP contribution in [0, 0.1) is 5.92 Å². The number of halogens is 1. The highest BCUT2D eigenvalue weighted by Gasteiger charge is 2.62. The number of nitrogens with two attached hydrogens (primary N) is 1. The summed E-state index contributed by atoms with van der Waals surface area (Å²) in [5.41, 5.74) is 1.71. The number of nitrogens with zero attached hydrogens (tertiary/aromatic N) is 1. The number of phenolic OH excluding ortho intramolecular Hbond substituents is 1. The van der Waals surface area contributed by atoms with Crippen LogP contribution in [0.2, 0.25) is 5.02 Å². The zero-order chi connectivity index (χ0) is 23.0. The van der Waals surface area contributed by atoms with E-state index in [9.17, 15) is 34.8 Å². The van der Waals surface area contributed by atoms with Gasteiger partial charge in [0.2, 0.25) is 11.6 Å². The van der Waals surface area contributed by atoms with E-state index in [-0.39, 0.29) is 39.5 Å². The second-order valence-corrected chi connectivity index (χ2v) is 8.42. The van der Waals surface area contributed by atoms with Crippen molar-refractivity contribution in [1.82, 2.24) is 4.90 Å². The molecule has 0 heterocycles. The van der Waals surface area contributed by atoms with Crippen molar-refractivity contribution in [1.29, 1.82) is 0 Å². The Morgan fingerprint density at radius 1 is 1.23 bits per heavy atom. The average Bonchev–Trinajstić information content (AvgIpc) is 2.67. The van der Waals surface area contributed by atoms with Crippen LogP contribution in [0.1, 0.15) is 22.3 Å². The highest BCUT2D eigenvalue weighted by molar-refractivity contribution is 6.34. The number of aliphatic hydroxyl groups excluding tert-OH is 2. The molecule has 0 bridgehead atoms. The van der Waals surface area contributed by atoms with Crippen molar-refractivity contribution in [2.45, 2.75) is 18.1 Å². The Kier molecular flexibility index (Phi) is 4.55. The van der Waals surface area contributed by atoms with E-state index in [1.165, 1.54) is 23.1 Å². The van der Waals surface area contributed by atoms with Crippen LogP contribution in [0.3, 0.4) is 0 Å². The van der Waals surface area contributed by atoms with Crippen LogP contribution in [0.15, 0.2) is 40.4 Å². The molecule has 4 rings (SSSR count). The van der Waals surface area contributed by atoms with Crippen LogP contribution < -0.4 is 5.73 Å². The number of hydrogen-bond donors (Lipinski definition) is 5. The lowest BCUT2D eigenvalue weighted by Crippen LogP contribution is -2.62. The number of carbonyl (C=O) groups is 3. The first kappa shape index (κ1) is 21.1. The number of hydrogen-bond acceptors (Lipinski definition) is 8. The Hall–Kier alpha value is -3.14. The summed E-state index contributed by atoms with van der Waals surface area (Å²) in [7, 11) is 3.10. The molecular formula is C21H19ClN2O7. The third-order valence-corrected chi connectivity index (χ3v) is 6.46. The summed E-state index contributed by atoms with van der Waals surface area (Å²) < 4.78 is 0. The molecule has 3 atom stereocenters. The van der Waals surface area contributed by atoms with Gasteiger partial charge in [-0.25, -0.2) is 0 Å². The van der Waals surface area contributed by atoms with E-state index in [0.29, 0.717) is 0 Å². The maximum atomic E-state index is 13.2. The number of Topliss-reactive ketones (excluding diaryl/α,β-unsaturated/α-hetero) is 2. The van der Waals surface area contributed by atoms with Gasteiger partial charge in [0, 0.05) is 16.5 Å². The molecule has 0 saturated heterocycles. The Labute approximate surface area is 181 Å². The van der Waals surface area contributed by atoms with Gasteiger partial charge in [-0.05, 0) is 44.3 Å². The molecule has 6 N–H and O–H groups in total. The van der Waals surface area contributed by atoms with E-state index in [4.69, 9.17) is 17.3 Å². The lowest BCUT2D eigenvalue weighted by Gasteiger charge is -2.48. The first-order chi connectivity index (χ1) is 14.4. The number of ketones is 2. The summed E-state index contributed by atoms with van der Waals surface area (Å²) in [5, 5.41) is 43.4. The summed E-state index contributed by atoms with van der Waals surface area (Å²) >= 11 is 6.19. The summed E-state index contributed by atoms with van der Waals surface area (Å²) in [5.74, 6) is -6.50. The summed E-state index contributed by atoms with van der Waals surface area (Å²) in [6.45, 7) is 0. The molecule has 3 aliphatic rings. The van der Waals surface area contributed by atoms with Gasteiger partial charge in [-0.3, -0.25) is 19.3 Å². The monoisotopic (exact) mass is 446 g/mol. The average molecular weight is 447 g/mol. The number of aliphatic hydroxyl groups is 3. The first-order valence-corrected chi connectivity index (χ1v) is 9.68. The maximum absolute atomic E-state index is 13.2. The van der Waals surface area contributed by atoms with Crippen molar-refractivity contribution >= 4 is 35.2 Å². The van der Waals surface area contributed by atoms with Gasteiger partial charge in [-0.15, -0.1) is 0 Å². The molecule has 1 amide bonds. The van der Waals surface area contributed by atoms with Crippen LogP contribution in [0.25, 0.3) is 6.08 Å². The van der Waals surface area contributed by atoms with E-state index in [2.05, 4.69) is 0 Å². The Balaban J connectivity index is 2.03. The van der Waals surface area contributed by atoms with Crippen LogP contribution in [0.5, 0.6) is 5.75 Å². The van der Waals surface area contributed by atoms with Crippen molar-refractivity contribution in [2.75, 3.05) is 14.1 Å². The number of fused-ring (bicyclic) bond motifs is 3. The van der Waals surface area contributed by atoms with Gasteiger partial charge in [0.25, 0.3) is 5.91 Å². The molecule has 9 nitrogen and oxygen atoms in total. The number of allylic oxidation sites excluding steroid dienone is 2. The molecule has 1 aromatic carbocycles. The number of phenols is 1. The first-order valence-electron chi connectivity index (χ1n) is 9.30. The minimum Gasteiger partial charge on any atom is -0.510 e. The second kappa shape index (κ2) is 6.68. The number of primary amides is 1. The fourth-order valence-corrected chi connectivity index (χ4v) is 4.97. The molecule has 31 heavy (non-hydrogen) atoms. The van der Waals surface area contributed by atoms with Crippen molar-refractivity contribution in [3.63, 3.8) is 0 Å². The highest BCUT2D eigenvalue weighted by Crippen LogP contribution is 2.51. The number of likely N-dealkylation sites (N-methyl/N-ethyl adjacent to an activating group) is 1. The minimum atomic E-state index is -2.68. The minimum absolute atomic E-state index is 0.113. The highest BCUT2D eigenvalue weighted by atomic mass is 35.5. The summed E-state index contributed by atoms with van der Waals surface area (Å²) in [4.78, 5) is 39.6. The third-order valence-electron chi connectivity index (χ3n) is 6.13. The quantitative estimate of drug-likeness (QED) is 0.420. The molecule has 0 aliphatic heterocycles. The van der Waals surface area contributed by atoms with Gasteiger partial charge >= 0.3 is 0 Å². The fraction of sp³-hybridized carbons (Fsp3) is 0.286. The van der Waals surface area contributed by atoms with Gasteiger partial charge in [0.15, 0.2) is 5.60 Å². The third kappa shape index (κ3) is 2.60. The van der Waals surface area contributed by atoms with Crippen LogP contribution in [0.4, 0.5) is 0 Å². The van der Waals surface area contributed by atoms with Crippen molar-refractivity contribution in [3.8, 4) is 5.75 Å². The van der Waals surface area contributed by atoms with Crippen LogP contribution in [-0.2, 0) is 9.59 Å². The summed E-state index contributed by atoms with van der Waals surface area (Å²) in [6.07, 6.45) is 1.38. The van der Waals surface area contributed by atoms with E-state index < -0.39 is 52.1 Å². The van der Waals surface area contributed by atoms with E-state index in [1.54, 1.807) is 14.1 Å². The Bertz CT molecular complexity index is 1180. The second-order valence-electron chi connectivity index (χ2n) is 8.02. The number of benzene rings is 1.